The predicted molar refractivity (Wildman–Crippen MR) is 77.9 cm³/mol. The summed E-state index contributed by atoms with van der Waals surface area (Å²) < 4.78 is 32.3. The van der Waals surface area contributed by atoms with Crippen molar-refractivity contribution in [2.75, 3.05) is 0 Å². The van der Waals surface area contributed by atoms with E-state index in [9.17, 15) is 8.78 Å². The van der Waals surface area contributed by atoms with E-state index in [0.29, 0.717) is 11.3 Å². The van der Waals surface area contributed by atoms with Gasteiger partial charge in [-0.3, -0.25) is 0 Å². The number of halogens is 2. The number of fused-ring (bicyclic) bond motifs is 1. The highest BCUT2D eigenvalue weighted by atomic mass is 19.1. The van der Waals surface area contributed by atoms with E-state index in [1.807, 2.05) is 31.2 Å². The number of hydrogen-bond donors (Lipinski definition) is 1. The molecular formula is C17H15F2NO. The summed E-state index contributed by atoms with van der Waals surface area (Å²) in [5.74, 6) is -0.583. The third-order valence-corrected chi connectivity index (χ3v) is 3.51. The van der Waals surface area contributed by atoms with Gasteiger partial charge in [0.1, 0.15) is 23.0 Å². The van der Waals surface area contributed by atoms with Crippen molar-refractivity contribution in [2.45, 2.75) is 19.4 Å². The molecule has 0 saturated carbocycles. The summed E-state index contributed by atoms with van der Waals surface area (Å²) in [6, 6.07) is 10.8. The third kappa shape index (κ3) is 2.81. The second-order valence-corrected chi connectivity index (χ2v) is 5.24. The van der Waals surface area contributed by atoms with E-state index in [-0.39, 0.29) is 6.42 Å². The fourth-order valence-electron chi connectivity index (χ4n) is 2.39. The Balaban J connectivity index is 1.87. The molecule has 0 bridgehead atoms. The molecule has 21 heavy (non-hydrogen) atoms. The Morgan fingerprint density at radius 1 is 1.10 bits per heavy atom. The zero-order valence-corrected chi connectivity index (χ0v) is 11.6. The Kier molecular flexibility index (Phi) is 3.47. The molecule has 3 aromatic rings. The van der Waals surface area contributed by atoms with Crippen LogP contribution in [0.25, 0.3) is 11.0 Å². The van der Waals surface area contributed by atoms with Crippen LogP contribution >= 0.6 is 0 Å². The lowest BCUT2D eigenvalue weighted by Crippen LogP contribution is -2.13. The fraction of sp³-hybridized carbons (Fsp3) is 0.176. The average Bonchev–Trinajstić information content (AvgIpc) is 2.85. The number of rotatable bonds is 3. The quantitative estimate of drug-likeness (QED) is 0.781. The number of nitrogens with two attached hydrogens (primary N) is 1. The number of furan rings is 1. The maximum absolute atomic E-state index is 13.7. The average molecular weight is 287 g/mol. The molecule has 0 fully saturated rings. The van der Waals surface area contributed by atoms with Gasteiger partial charge in [-0.15, -0.1) is 0 Å². The van der Waals surface area contributed by atoms with Gasteiger partial charge >= 0.3 is 0 Å². The zero-order chi connectivity index (χ0) is 15.0. The first-order valence-corrected chi connectivity index (χ1v) is 6.72. The van der Waals surface area contributed by atoms with E-state index in [1.165, 1.54) is 12.1 Å². The van der Waals surface area contributed by atoms with Crippen LogP contribution in [-0.4, -0.2) is 0 Å². The van der Waals surface area contributed by atoms with Crippen LogP contribution in [0.1, 0.15) is 22.9 Å². The van der Waals surface area contributed by atoms with Crippen LogP contribution in [0.2, 0.25) is 0 Å². The van der Waals surface area contributed by atoms with Crippen LogP contribution in [0.15, 0.2) is 46.9 Å². The lowest BCUT2D eigenvalue weighted by molar-refractivity contribution is 0.486. The first-order chi connectivity index (χ1) is 10.0. The number of hydrogen-bond acceptors (Lipinski definition) is 2. The second-order valence-electron chi connectivity index (χ2n) is 5.24. The van der Waals surface area contributed by atoms with Crippen molar-refractivity contribution in [1.29, 1.82) is 0 Å². The van der Waals surface area contributed by atoms with Crippen molar-refractivity contribution in [3.63, 3.8) is 0 Å². The van der Waals surface area contributed by atoms with Crippen LogP contribution < -0.4 is 5.73 Å². The smallest absolute Gasteiger partial charge is 0.134 e. The molecule has 2 aromatic carbocycles. The summed E-state index contributed by atoms with van der Waals surface area (Å²) >= 11 is 0. The van der Waals surface area contributed by atoms with Gasteiger partial charge in [-0.1, -0.05) is 17.7 Å². The summed E-state index contributed by atoms with van der Waals surface area (Å²) in [5.41, 5.74) is 8.34. The van der Waals surface area contributed by atoms with Gasteiger partial charge in [0.15, 0.2) is 0 Å². The van der Waals surface area contributed by atoms with Crippen molar-refractivity contribution >= 4 is 11.0 Å². The molecule has 0 aliphatic rings. The van der Waals surface area contributed by atoms with Crippen LogP contribution in [-0.2, 0) is 6.42 Å². The summed E-state index contributed by atoms with van der Waals surface area (Å²) in [7, 11) is 0. The molecule has 2 N–H and O–H groups in total. The molecule has 2 nitrogen and oxygen atoms in total. The van der Waals surface area contributed by atoms with E-state index in [2.05, 4.69) is 0 Å². The standard InChI is InChI=1S/C17H15F2NO/c1-10-2-5-16-12(6-10)8-17(21-16)15(20)7-11-3-4-13(18)9-14(11)19/h2-6,8-9,15H,7,20H2,1H3. The van der Waals surface area contributed by atoms with Gasteiger partial charge in [0.05, 0.1) is 6.04 Å². The van der Waals surface area contributed by atoms with Crippen LogP contribution in [0, 0.1) is 18.6 Å². The summed E-state index contributed by atoms with van der Waals surface area (Å²) in [5, 5.41) is 0.972. The minimum absolute atomic E-state index is 0.255. The highest BCUT2D eigenvalue weighted by Gasteiger charge is 2.15. The van der Waals surface area contributed by atoms with Gasteiger partial charge in [0.2, 0.25) is 0 Å². The highest BCUT2D eigenvalue weighted by Crippen LogP contribution is 2.26. The maximum atomic E-state index is 13.7. The molecule has 108 valence electrons. The Hall–Kier alpha value is -2.20. The van der Waals surface area contributed by atoms with Crippen molar-refractivity contribution < 1.29 is 13.2 Å². The molecule has 1 atom stereocenters. The van der Waals surface area contributed by atoms with Crippen LogP contribution in [0.4, 0.5) is 8.78 Å². The van der Waals surface area contributed by atoms with Gasteiger partial charge in [-0.05, 0) is 43.2 Å². The monoisotopic (exact) mass is 287 g/mol. The third-order valence-electron chi connectivity index (χ3n) is 3.51. The van der Waals surface area contributed by atoms with Crippen LogP contribution in [0.3, 0.4) is 0 Å². The Labute approximate surface area is 121 Å². The molecule has 1 unspecified atom stereocenters. The van der Waals surface area contributed by atoms with E-state index in [1.54, 1.807) is 0 Å². The normalized spacial score (nSPS) is 12.8. The Bertz CT molecular complexity index is 795. The molecule has 0 radical (unpaired) electrons. The summed E-state index contributed by atoms with van der Waals surface area (Å²) in [4.78, 5) is 0. The first kappa shape index (κ1) is 13.8. The predicted octanol–water partition coefficient (Wildman–Crippen LogP) is 4.26. The number of aryl methyl sites for hydroxylation is 1. The molecular weight excluding hydrogens is 272 g/mol. The molecule has 0 aliphatic heterocycles. The van der Waals surface area contributed by atoms with E-state index >= 15 is 0 Å². The van der Waals surface area contributed by atoms with Crippen molar-refractivity contribution in [2.24, 2.45) is 5.73 Å². The van der Waals surface area contributed by atoms with Gasteiger partial charge < -0.3 is 10.2 Å². The molecule has 1 aromatic heterocycles. The Morgan fingerprint density at radius 3 is 2.67 bits per heavy atom. The van der Waals surface area contributed by atoms with E-state index in [4.69, 9.17) is 10.2 Å². The summed E-state index contributed by atoms with van der Waals surface area (Å²) in [6.07, 6.45) is 0.255. The van der Waals surface area contributed by atoms with Gasteiger partial charge in [0, 0.05) is 11.5 Å². The fourth-order valence-corrected chi connectivity index (χ4v) is 2.39. The molecule has 0 amide bonds. The van der Waals surface area contributed by atoms with Gasteiger partial charge in [-0.25, -0.2) is 8.78 Å². The van der Waals surface area contributed by atoms with Crippen molar-refractivity contribution in [1.82, 2.24) is 0 Å². The molecule has 0 saturated heterocycles. The van der Waals surface area contributed by atoms with E-state index < -0.39 is 17.7 Å². The second kappa shape index (κ2) is 5.30. The summed E-state index contributed by atoms with van der Waals surface area (Å²) in [6.45, 7) is 2.00. The minimum atomic E-state index is -0.593. The SMILES string of the molecule is Cc1ccc2oc(C(N)Cc3ccc(F)cc3F)cc2c1. The van der Waals surface area contributed by atoms with Gasteiger partial charge in [0.25, 0.3) is 0 Å². The molecule has 0 aliphatic carbocycles. The topological polar surface area (TPSA) is 39.2 Å². The molecule has 4 heteroatoms. The number of benzene rings is 2. The Morgan fingerprint density at radius 2 is 1.90 bits per heavy atom. The highest BCUT2D eigenvalue weighted by molar-refractivity contribution is 5.78. The zero-order valence-electron chi connectivity index (χ0n) is 11.6. The van der Waals surface area contributed by atoms with Gasteiger partial charge in [-0.2, -0.15) is 0 Å². The van der Waals surface area contributed by atoms with Crippen LogP contribution in [0.5, 0.6) is 0 Å². The van der Waals surface area contributed by atoms with E-state index in [0.717, 1.165) is 22.6 Å². The molecule has 0 spiro atoms. The molecule has 1 heterocycles. The first-order valence-electron chi connectivity index (χ1n) is 6.72. The van der Waals surface area contributed by atoms with Crippen molar-refractivity contribution in [3.8, 4) is 0 Å². The lowest BCUT2D eigenvalue weighted by Gasteiger charge is -2.09. The molecule has 3 rings (SSSR count). The van der Waals surface area contributed by atoms with Crippen molar-refractivity contribution in [3.05, 3.63) is 71.0 Å². The largest absolute Gasteiger partial charge is 0.459 e. The maximum Gasteiger partial charge on any atom is 0.134 e. The lowest BCUT2D eigenvalue weighted by atomic mass is 10.0. The minimum Gasteiger partial charge on any atom is -0.459 e.